The summed E-state index contributed by atoms with van der Waals surface area (Å²) in [4.78, 5) is 34.3. The number of rotatable bonds is 3. The summed E-state index contributed by atoms with van der Waals surface area (Å²) >= 11 is 11.7. The third kappa shape index (κ3) is 2.86. The van der Waals surface area contributed by atoms with Crippen molar-refractivity contribution in [2.24, 2.45) is 5.92 Å². The van der Waals surface area contributed by atoms with Crippen molar-refractivity contribution in [2.45, 2.75) is 6.42 Å². The number of carboxylic acids is 1. The number of carbonyl (C=O) groups is 3. The molecule has 1 aromatic carbocycles. The molecule has 8 heteroatoms. The highest BCUT2D eigenvalue weighted by Crippen LogP contribution is 2.32. The van der Waals surface area contributed by atoms with Gasteiger partial charge < -0.3 is 15.7 Å². The van der Waals surface area contributed by atoms with Crippen LogP contribution in [0.2, 0.25) is 10.0 Å². The minimum absolute atomic E-state index is 0.0298. The van der Waals surface area contributed by atoms with Gasteiger partial charge in [0.2, 0.25) is 11.8 Å². The fourth-order valence-corrected chi connectivity index (χ4v) is 2.34. The van der Waals surface area contributed by atoms with Gasteiger partial charge in [-0.15, -0.1) is 0 Å². The number of hydrogen-bond donors (Lipinski definition) is 3. The molecule has 2 rings (SSSR count). The van der Waals surface area contributed by atoms with Gasteiger partial charge in [-0.25, -0.2) is 4.79 Å². The topological polar surface area (TPSA) is 95.5 Å². The normalized spacial score (nSPS) is 17.7. The molecule has 1 aliphatic rings. The van der Waals surface area contributed by atoms with E-state index in [1.165, 1.54) is 12.1 Å². The average molecular weight is 317 g/mol. The lowest BCUT2D eigenvalue weighted by molar-refractivity contribution is -0.123. The molecule has 1 saturated heterocycles. The minimum atomic E-state index is -1.30. The maximum absolute atomic E-state index is 12.0. The van der Waals surface area contributed by atoms with Crippen LogP contribution in [0.3, 0.4) is 0 Å². The summed E-state index contributed by atoms with van der Waals surface area (Å²) in [5.74, 6) is -2.55. The molecule has 0 saturated carbocycles. The van der Waals surface area contributed by atoms with E-state index in [0.29, 0.717) is 0 Å². The van der Waals surface area contributed by atoms with Crippen LogP contribution in [0.25, 0.3) is 0 Å². The number of anilines is 1. The molecule has 0 radical (unpaired) electrons. The van der Waals surface area contributed by atoms with E-state index in [4.69, 9.17) is 28.3 Å². The summed E-state index contributed by atoms with van der Waals surface area (Å²) in [6.45, 7) is 0.214. The molecule has 106 valence electrons. The van der Waals surface area contributed by atoms with E-state index in [1.54, 1.807) is 0 Å². The van der Waals surface area contributed by atoms with E-state index in [9.17, 15) is 14.4 Å². The molecular formula is C12H10Cl2N2O4. The van der Waals surface area contributed by atoms with Crippen LogP contribution in [0.4, 0.5) is 5.69 Å². The quantitative estimate of drug-likeness (QED) is 0.791. The van der Waals surface area contributed by atoms with Gasteiger partial charge in [-0.3, -0.25) is 9.59 Å². The number of amides is 2. The van der Waals surface area contributed by atoms with Crippen molar-refractivity contribution in [2.75, 3.05) is 11.9 Å². The van der Waals surface area contributed by atoms with Crippen molar-refractivity contribution >= 4 is 46.7 Å². The largest absolute Gasteiger partial charge is 0.478 e. The lowest BCUT2D eigenvalue weighted by Crippen LogP contribution is -2.25. The fraction of sp³-hybridized carbons (Fsp3) is 0.250. The first kappa shape index (κ1) is 14.6. The monoisotopic (exact) mass is 316 g/mol. The van der Waals surface area contributed by atoms with Crippen LogP contribution >= 0.6 is 23.2 Å². The molecule has 1 unspecified atom stereocenters. The SMILES string of the molecule is O=C1CC(C(=O)Nc2c(Cl)ccc(Cl)c2C(=O)O)CN1. The molecule has 20 heavy (non-hydrogen) atoms. The van der Waals surface area contributed by atoms with Gasteiger partial charge in [0.25, 0.3) is 0 Å². The van der Waals surface area contributed by atoms with E-state index in [1.807, 2.05) is 0 Å². The number of aromatic carboxylic acids is 1. The van der Waals surface area contributed by atoms with Crippen LogP contribution in [0, 0.1) is 5.92 Å². The third-order valence-electron chi connectivity index (χ3n) is 2.91. The molecule has 1 heterocycles. The van der Waals surface area contributed by atoms with E-state index in [0.717, 1.165) is 0 Å². The average Bonchev–Trinajstić information content (AvgIpc) is 2.80. The second-order valence-electron chi connectivity index (χ2n) is 4.28. The van der Waals surface area contributed by atoms with Crippen LogP contribution in [0.1, 0.15) is 16.8 Å². The Kier molecular flexibility index (Phi) is 4.15. The van der Waals surface area contributed by atoms with Gasteiger partial charge in [0.15, 0.2) is 0 Å². The third-order valence-corrected chi connectivity index (χ3v) is 3.54. The number of nitrogens with one attached hydrogen (secondary N) is 2. The standard InChI is InChI=1S/C12H10Cl2N2O4/c13-6-1-2-7(14)10(9(6)12(19)20)16-11(18)5-3-8(17)15-4-5/h1-2,5H,3-4H2,(H,15,17)(H,16,18)(H,19,20). The first-order chi connectivity index (χ1) is 9.40. The molecule has 0 aromatic heterocycles. The van der Waals surface area contributed by atoms with Crippen LogP contribution in [-0.2, 0) is 9.59 Å². The second-order valence-corrected chi connectivity index (χ2v) is 5.09. The summed E-state index contributed by atoms with van der Waals surface area (Å²) in [5.41, 5.74) is -0.333. The number of carbonyl (C=O) groups excluding carboxylic acids is 2. The molecule has 1 fully saturated rings. The lowest BCUT2D eigenvalue weighted by atomic mass is 10.1. The molecule has 1 atom stereocenters. The predicted octanol–water partition coefficient (Wildman–Crippen LogP) is 1.77. The van der Waals surface area contributed by atoms with Crippen molar-refractivity contribution in [3.63, 3.8) is 0 Å². The van der Waals surface area contributed by atoms with E-state index >= 15 is 0 Å². The Balaban J connectivity index is 2.29. The number of benzene rings is 1. The molecule has 0 bridgehead atoms. The Bertz CT molecular complexity index is 603. The Labute approximate surface area is 124 Å². The number of halogens is 2. The smallest absolute Gasteiger partial charge is 0.339 e. The molecule has 0 aliphatic carbocycles. The number of hydrogen-bond acceptors (Lipinski definition) is 3. The molecule has 1 aromatic rings. The summed E-state index contributed by atoms with van der Waals surface area (Å²) in [5, 5.41) is 14.1. The van der Waals surface area contributed by atoms with E-state index in [2.05, 4.69) is 10.6 Å². The van der Waals surface area contributed by atoms with Crippen LogP contribution < -0.4 is 10.6 Å². The van der Waals surface area contributed by atoms with Gasteiger partial charge in [0, 0.05) is 13.0 Å². The van der Waals surface area contributed by atoms with Crippen molar-refractivity contribution < 1.29 is 19.5 Å². The highest BCUT2D eigenvalue weighted by Gasteiger charge is 2.29. The van der Waals surface area contributed by atoms with Crippen molar-refractivity contribution in [1.29, 1.82) is 0 Å². The zero-order valence-electron chi connectivity index (χ0n) is 10.1. The van der Waals surface area contributed by atoms with Crippen molar-refractivity contribution in [1.82, 2.24) is 5.32 Å². The van der Waals surface area contributed by atoms with Crippen LogP contribution in [0.15, 0.2) is 12.1 Å². The molecule has 0 spiro atoms. The first-order valence-corrected chi connectivity index (χ1v) is 6.44. The summed E-state index contributed by atoms with van der Waals surface area (Å²) < 4.78 is 0. The van der Waals surface area contributed by atoms with E-state index < -0.39 is 17.8 Å². The van der Waals surface area contributed by atoms with Crippen molar-refractivity contribution in [3.05, 3.63) is 27.7 Å². The Morgan fingerprint density at radius 3 is 2.50 bits per heavy atom. The second kappa shape index (κ2) is 5.68. The maximum atomic E-state index is 12.0. The summed E-state index contributed by atoms with van der Waals surface area (Å²) in [6, 6.07) is 2.73. The lowest BCUT2D eigenvalue weighted by Gasteiger charge is -2.14. The molecule has 6 nitrogen and oxygen atoms in total. The number of carboxylic acid groups (broad SMARTS) is 1. The van der Waals surface area contributed by atoms with Gasteiger partial charge in [-0.2, -0.15) is 0 Å². The van der Waals surface area contributed by atoms with Gasteiger partial charge >= 0.3 is 5.97 Å². The van der Waals surface area contributed by atoms with E-state index in [-0.39, 0.29) is 40.2 Å². The molecule has 2 amide bonds. The first-order valence-electron chi connectivity index (χ1n) is 5.69. The zero-order valence-corrected chi connectivity index (χ0v) is 11.6. The predicted molar refractivity (Wildman–Crippen MR) is 73.2 cm³/mol. The Morgan fingerprint density at radius 2 is 1.95 bits per heavy atom. The minimum Gasteiger partial charge on any atom is -0.478 e. The summed E-state index contributed by atoms with van der Waals surface area (Å²) in [6.07, 6.45) is 0.0619. The van der Waals surface area contributed by atoms with Crippen LogP contribution in [-0.4, -0.2) is 29.4 Å². The molecular weight excluding hydrogens is 307 g/mol. The van der Waals surface area contributed by atoms with Gasteiger partial charge in [-0.1, -0.05) is 23.2 Å². The molecule has 3 N–H and O–H groups in total. The Hall–Kier alpha value is -1.79. The highest BCUT2D eigenvalue weighted by atomic mass is 35.5. The van der Waals surface area contributed by atoms with Gasteiger partial charge in [0.05, 0.1) is 21.7 Å². The summed E-state index contributed by atoms with van der Waals surface area (Å²) in [7, 11) is 0. The fourth-order valence-electron chi connectivity index (χ4n) is 1.90. The Morgan fingerprint density at radius 1 is 1.30 bits per heavy atom. The maximum Gasteiger partial charge on any atom is 0.339 e. The highest BCUT2D eigenvalue weighted by molar-refractivity contribution is 6.38. The van der Waals surface area contributed by atoms with Gasteiger partial charge in [0.1, 0.15) is 5.56 Å². The molecule has 1 aliphatic heterocycles. The zero-order chi connectivity index (χ0) is 14.9. The van der Waals surface area contributed by atoms with Crippen LogP contribution in [0.5, 0.6) is 0 Å². The van der Waals surface area contributed by atoms with Crippen molar-refractivity contribution in [3.8, 4) is 0 Å². The van der Waals surface area contributed by atoms with Gasteiger partial charge in [-0.05, 0) is 12.1 Å².